The van der Waals surface area contributed by atoms with Gasteiger partial charge in [-0.05, 0) is 126 Å². The van der Waals surface area contributed by atoms with Crippen LogP contribution in [0.5, 0.6) is 11.5 Å². The van der Waals surface area contributed by atoms with Crippen LogP contribution in [0, 0.1) is 0 Å². The number of ether oxygens (including phenoxy) is 1. The molecule has 0 aromatic heterocycles. The quantitative estimate of drug-likeness (QED) is 0.171. The minimum Gasteiger partial charge on any atom is -0.457 e. The van der Waals surface area contributed by atoms with Crippen LogP contribution in [0.2, 0.25) is 0 Å². The van der Waals surface area contributed by atoms with Gasteiger partial charge in [0.25, 0.3) is 0 Å². The zero-order valence-electron chi connectivity index (χ0n) is 40.7. The van der Waals surface area contributed by atoms with E-state index in [2.05, 4.69) is 278 Å². The topological polar surface area (TPSA) is 12.5 Å². The maximum Gasteiger partial charge on any atom is 0.132 e. The Morgan fingerprint density at radius 1 is 0.293 bits per heavy atom. The molecule has 350 valence electrons. The van der Waals surface area contributed by atoms with Crippen molar-refractivity contribution >= 4 is 39.6 Å². The van der Waals surface area contributed by atoms with Crippen molar-refractivity contribution in [3.8, 4) is 56.0 Å². The average Bonchev–Trinajstić information content (AvgIpc) is 3.97. The van der Waals surface area contributed by atoms with E-state index >= 15 is 0 Å². The fraction of sp³-hybridized carbons (Fsp3) is 0.0278. The summed E-state index contributed by atoms with van der Waals surface area (Å²) in [6.45, 7) is 0. The monoisotopic (exact) mass is 971 g/mol. The molecule has 0 atom stereocenters. The summed E-state index contributed by atoms with van der Waals surface area (Å²) >= 11 is 1.89. The van der Waals surface area contributed by atoms with E-state index in [4.69, 9.17) is 4.74 Å². The van der Waals surface area contributed by atoms with Crippen LogP contribution < -0.4 is 9.64 Å². The second kappa shape index (κ2) is 16.2. The molecule has 2 aliphatic heterocycles. The molecule has 2 spiro atoms. The highest BCUT2D eigenvalue weighted by Crippen LogP contribution is 2.65. The number of rotatable bonds is 5. The summed E-state index contributed by atoms with van der Waals surface area (Å²) in [5.41, 5.74) is 22.1. The highest BCUT2D eigenvalue weighted by molar-refractivity contribution is 7.99. The summed E-state index contributed by atoms with van der Waals surface area (Å²) in [5, 5.41) is 2.42. The zero-order chi connectivity index (χ0) is 49.2. The van der Waals surface area contributed by atoms with E-state index in [1.165, 1.54) is 87.3 Å². The molecule has 2 nitrogen and oxygen atoms in total. The van der Waals surface area contributed by atoms with E-state index in [0.29, 0.717) is 0 Å². The van der Waals surface area contributed by atoms with Gasteiger partial charge < -0.3 is 9.64 Å². The molecule has 12 aromatic rings. The van der Waals surface area contributed by atoms with Crippen LogP contribution in [0.3, 0.4) is 0 Å². The predicted molar refractivity (Wildman–Crippen MR) is 308 cm³/mol. The first-order valence-electron chi connectivity index (χ1n) is 25.9. The third-order valence-corrected chi connectivity index (χ3v) is 17.8. The minimum atomic E-state index is -0.631. The Balaban J connectivity index is 0.974. The molecule has 0 amide bonds. The number of benzene rings is 12. The first-order valence-corrected chi connectivity index (χ1v) is 26.7. The van der Waals surface area contributed by atoms with E-state index in [9.17, 15) is 0 Å². The lowest BCUT2D eigenvalue weighted by Crippen LogP contribution is -2.32. The molecular weight excluding hydrogens is 927 g/mol. The summed E-state index contributed by atoms with van der Waals surface area (Å²) in [5.74, 6) is 1.77. The van der Waals surface area contributed by atoms with Gasteiger partial charge in [-0.25, -0.2) is 0 Å². The fourth-order valence-corrected chi connectivity index (χ4v) is 14.9. The number of nitrogens with zero attached hydrogens (tertiary/aromatic N) is 1. The predicted octanol–water partition coefficient (Wildman–Crippen LogP) is 18.9. The number of para-hydroxylation sites is 3. The zero-order valence-corrected chi connectivity index (χ0v) is 41.6. The first-order chi connectivity index (χ1) is 37.2. The van der Waals surface area contributed by atoms with Gasteiger partial charge in [0.2, 0.25) is 0 Å². The van der Waals surface area contributed by atoms with E-state index in [1.54, 1.807) is 0 Å². The molecule has 12 aromatic carbocycles. The van der Waals surface area contributed by atoms with Gasteiger partial charge in [0.1, 0.15) is 11.5 Å². The lowest BCUT2D eigenvalue weighted by molar-refractivity contribution is 0.436. The summed E-state index contributed by atoms with van der Waals surface area (Å²) in [6.07, 6.45) is 0. The maximum atomic E-state index is 6.79. The normalized spacial score (nSPS) is 14.1. The Morgan fingerprint density at radius 2 is 0.800 bits per heavy atom. The number of anilines is 3. The molecule has 0 fully saturated rings. The van der Waals surface area contributed by atoms with Gasteiger partial charge in [-0.15, -0.1) is 0 Å². The van der Waals surface area contributed by atoms with Crippen molar-refractivity contribution in [2.24, 2.45) is 0 Å². The van der Waals surface area contributed by atoms with Gasteiger partial charge in [0.05, 0.1) is 22.2 Å². The summed E-state index contributed by atoms with van der Waals surface area (Å²) in [7, 11) is 0. The smallest absolute Gasteiger partial charge is 0.132 e. The lowest BCUT2D eigenvalue weighted by atomic mass is 9.66. The molecule has 16 rings (SSSR count). The minimum absolute atomic E-state index is 0.480. The molecular formula is C72H45NOS. The van der Waals surface area contributed by atoms with E-state index in [1.807, 2.05) is 11.8 Å². The Bertz CT molecular complexity index is 4230. The van der Waals surface area contributed by atoms with Crippen molar-refractivity contribution in [2.45, 2.75) is 20.6 Å². The number of hydrogen-bond acceptors (Lipinski definition) is 3. The van der Waals surface area contributed by atoms with Gasteiger partial charge >= 0.3 is 0 Å². The molecule has 2 aliphatic carbocycles. The van der Waals surface area contributed by atoms with Crippen molar-refractivity contribution in [1.82, 2.24) is 0 Å². The first kappa shape index (κ1) is 42.4. The fourth-order valence-electron chi connectivity index (χ4n) is 13.7. The number of fused-ring (bicyclic) bond motifs is 20. The summed E-state index contributed by atoms with van der Waals surface area (Å²) in [6, 6.07) is 101. The van der Waals surface area contributed by atoms with Crippen molar-refractivity contribution in [3.63, 3.8) is 0 Å². The van der Waals surface area contributed by atoms with Crippen LogP contribution in [0.15, 0.2) is 283 Å². The molecule has 0 N–H and O–H groups in total. The van der Waals surface area contributed by atoms with Crippen molar-refractivity contribution in [3.05, 3.63) is 317 Å². The average molecular weight is 972 g/mol. The molecule has 2 heterocycles. The van der Waals surface area contributed by atoms with Crippen LogP contribution in [0.1, 0.15) is 44.5 Å². The molecule has 0 unspecified atom stereocenters. The maximum absolute atomic E-state index is 6.79. The summed E-state index contributed by atoms with van der Waals surface area (Å²) < 4.78 is 6.79. The van der Waals surface area contributed by atoms with E-state index < -0.39 is 10.8 Å². The molecule has 0 saturated heterocycles. The van der Waals surface area contributed by atoms with E-state index in [0.717, 1.165) is 50.8 Å². The second-order valence-electron chi connectivity index (χ2n) is 20.2. The van der Waals surface area contributed by atoms with Crippen molar-refractivity contribution in [2.75, 3.05) is 4.90 Å². The Labute approximate surface area is 440 Å². The van der Waals surface area contributed by atoms with Gasteiger partial charge in [-0.1, -0.05) is 236 Å². The summed E-state index contributed by atoms with van der Waals surface area (Å²) in [4.78, 5) is 5.15. The van der Waals surface area contributed by atoms with E-state index in [-0.39, 0.29) is 0 Å². The van der Waals surface area contributed by atoms with Crippen LogP contribution in [-0.4, -0.2) is 0 Å². The van der Waals surface area contributed by atoms with Gasteiger partial charge in [0.15, 0.2) is 0 Å². The second-order valence-corrected chi connectivity index (χ2v) is 21.2. The third kappa shape index (κ3) is 5.82. The van der Waals surface area contributed by atoms with Gasteiger partial charge in [0, 0.05) is 37.6 Å². The van der Waals surface area contributed by atoms with Crippen molar-refractivity contribution < 1.29 is 4.74 Å². The third-order valence-electron chi connectivity index (χ3n) is 16.6. The Morgan fingerprint density at radius 3 is 1.51 bits per heavy atom. The molecule has 3 heteroatoms. The number of hydrogen-bond donors (Lipinski definition) is 0. The molecule has 0 saturated carbocycles. The van der Waals surface area contributed by atoms with Crippen LogP contribution in [-0.2, 0) is 10.8 Å². The highest BCUT2D eigenvalue weighted by atomic mass is 32.2. The molecule has 75 heavy (non-hydrogen) atoms. The van der Waals surface area contributed by atoms with Gasteiger partial charge in [-0.3, -0.25) is 0 Å². The van der Waals surface area contributed by atoms with Gasteiger partial charge in [-0.2, -0.15) is 0 Å². The standard InChI is InChI=1S/C72H45NOS/c1-2-19-46(20-3-1)47-37-39-48(40-38-47)50-21-6-13-31-64(50)73(49-41-42-52-51-22-4-7-25-56(51)71(63(52)45-49)58-27-9-14-33-66(58)74-67-34-15-10-28-59(67)71)65-32-18-24-54-53(65)43-44-62-70(54)55-23-5-8-26-57(55)72(62)60-29-11-16-35-68(60)75-69-36-17-12-30-61(69)72/h1-45H. The van der Waals surface area contributed by atoms with Crippen LogP contribution >= 0.6 is 11.8 Å². The Hall–Kier alpha value is -9.15. The highest BCUT2D eigenvalue weighted by Gasteiger charge is 2.52. The molecule has 4 aliphatic rings. The van der Waals surface area contributed by atoms with Crippen molar-refractivity contribution in [1.29, 1.82) is 0 Å². The molecule has 0 radical (unpaired) electrons. The van der Waals surface area contributed by atoms with Crippen LogP contribution in [0.25, 0.3) is 55.3 Å². The molecule has 0 bridgehead atoms. The lowest BCUT2D eigenvalue weighted by Gasteiger charge is -2.40. The SMILES string of the molecule is c1ccc(-c2ccc(-c3ccccc3N(c3ccc4c(c3)C3(c5ccccc5Oc5ccccc53)c3ccccc3-4)c3cccc4c5c(ccc34)C3(c4ccccc4Sc4ccccc43)c3ccccc3-5)cc2)cc1. The largest absolute Gasteiger partial charge is 0.457 e. The Kier molecular flexibility index (Phi) is 9.14. The van der Waals surface area contributed by atoms with Crippen LogP contribution in [0.4, 0.5) is 17.1 Å².